The van der Waals surface area contributed by atoms with E-state index in [4.69, 9.17) is 22.1 Å². The number of aromatic nitrogens is 2. The maximum absolute atomic E-state index is 11.0. The molecule has 23 heavy (non-hydrogen) atoms. The standard InChI is InChI=1S/C16H17ClN4O2/c17-12-5-1-2-6-14(12)23-11-4-3-9-21(10-11)15-8-7-13(16(18)22)19-20-15/h1-2,5-8,11H,3-4,9-10H2,(H2,18,22). The molecule has 0 bridgehead atoms. The van der Waals surface area contributed by atoms with E-state index in [2.05, 4.69) is 15.1 Å². The molecule has 0 spiro atoms. The van der Waals surface area contributed by atoms with Crippen LogP contribution in [0.3, 0.4) is 0 Å². The average molecular weight is 333 g/mol. The van der Waals surface area contributed by atoms with Gasteiger partial charge in [0.25, 0.3) is 5.91 Å². The minimum absolute atomic E-state index is 0.0290. The molecule has 1 amide bonds. The van der Waals surface area contributed by atoms with Crippen LogP contribution in [0, 0.1) is 0 Å². The van der Waals surface area contributed by atoms with Gasteiger partial charge in [0, 0.05) is 6.54 Å². The Bertz CT molecular complexity index is 693. The smallest absolute Gasteiger partial charge is 0.269 e. The van der Waals surface area contributed by atoms with Crippen LogP contribution in [-0.2, 0) is 0 Å². The predicted octanol–water partition coefficient (Wildman–Crippen LogP) is 2.28. The Labute approximate surface area is 139 Å². The molecule has 2 N–H and O–H groups in total. The number of primary amides is 1. The van der Waals surface area contributed by atoms with Crippen LogP contribution in [0.15, 0.2) is 36.4 Å². The van der Waals surface area contributed by atoms with Gasteiger partial charge in [0.2, 0.25) is 0 Å². The summed E-state index contributed by atoms with van der Waals surface area (Å²) in [5, 5.41) is 8.53. The van der Waals surface area contributed by atoms with Crippen molar-refractivity contribution in [2.24, 2.45) is 5.73 Å². The van der Waals surface area contributed by atoms with Gasteiger partial charge >= 0.3 is 0 Å². The monoisotopic (exact) mass is 332 g/mol. The molecule has 120 valence electrons. The number of benzene rings is 1. The fraction of sp³-hybridized carbons (Fsp3) is 0.312. The maximum atomic E-state index is 11.0. The minimum Gasteiger partial charge on any atom is -0.487 e. The molecule has 3 rings (SSSR count). The summed E-state index contributed by atoms with van der Waals surface area (Å²) in [5.74, 6) is 0.821. The van der Waals surface area contributed by atoms with Gasteiger partial charge in [-0.25, -0.2) is 0 Å². The number of para-hydroxylation sites is 1. The number of amides is 1. The maximum Gasteiger partial charge on any atom is 0.269 e. The van der Waals surface area contributed by atoms with Crippen molar-refractivity contribution in [3.63, 3.8) is 0 Å². The van der Waals surface area contributed by atoms with Gasteiger partial charge in [-0.3, -0.25) is 4.79 Å². The molecule has 0 saturated carbocycles. The van der Waals surface area contributed by atoms with Crippen LogP contribution in [0.25, 0.3) is 0 Å². The number of hydrogen-bond acceptors (Lipinski definition) is 5. The quantitative estimate of drug-likeness (QED) is 0.928. The summed E-state index contributed by atoms with van der Waals surface area (Å²) in [7, 11) is 0. The first-order valence-corrected chi connectivity index (χ1v) is 7.81. The Morgan fingerprint density at radius 2 is 2.09 bits per heavy atom. The zero-order valence-corrected chi connectivity index (χ0v) is 13.2. The molecule has 1 aromatic carbocycles. The largest absolute Gasteiger partial charge is 0.487 e. The number of piperidine rings is 1. The van der Waals surface area contributed by atoms with Crippen LogP contribution in [-0.4, -0.2) is 35.3 Å². The lowest BCUT2D eigenvalue weighted by molar-refractivity contribution is 0.0994. The molecule has 2 heterocycles. The van der Waals surface area contributed by atoms with Gasteiger partial charge < -0.3 is 15.4 Å². The fourth-order valence-electron chi connectivity index (χ4n) is 2.59. The molecule has 7 heteroatoms. The Kier molecular flexibility index (Phi) is 4.62. The van der Waals surface area contributed by atoms with Crippen LogP contribution in [0.4, 0.5) is 5.82 Å². The lowest BCUT2D eigenvalue weighted by Gasteiger charge is -2.33. The number of anilines is 1. The van der Waals surface area contributed by atoms with Crippen molar-refractivity contribution < 1.29 is 9.53 Å². The highest BCUT2D eigenvalue weighted by Crippen LogP contribution is 2.27. The van der Waals surface area contributed by atoms with E-state index in [1.165, 1.54) is 0 Å². The number of carbonyl (C=O) groups is 1. The second-order valence-corrected chi connectivity index (χ2v) is 5.81. The van der Waals surface area contributed by atoms with Crippen LogP contribution >= 0.6 is 11.6 Å². The van der Waals surface area contributed by atoms with Gasteiger partial charge in [-0.1, -0.05) is 23.7 Å². The molecule has 1 saturated heterocycles. The SMILES string of the molecule is NC(=O)c1ccc(N2CCCC(Oc3ccccc3Cl)C2)nn1. The molecule has 0 aliphatic carbocycles. The van der Waals surface area contributed by atoms with Gasteiger partial charge in [0.15, 0.2) is 11.5 Å². The number of ether oxygens (including phenoxy) is 1. The Hall–Kier alpha value is -2.34. The molecular formula is C16H17ClN4O2. The summed E-state index contributed by atoms with van der Waals surface area (Å²) >= 11 is 6.14. The van der Waals surface area contributed by atoms with Crippen LogP contribution in [0.1, 0.15) is 23.3 Å². The van der Waals surface area contributed by atoms with Crippen molar-refractivity contribution in [2.75, 3.05) is 18.0 Å². The highest BCUT2D eigenvalue weighted by molar-refractivity contribution is 6.32. The van der Waals surface area contributed by atoms with Gasteiger partial charge in [-0.2, -0.15) is 0 Å². The van der Waals surface area contributed by atoms with Gasteiger partial charge in [0.1, 0.15) is 11.9 Å². The van der Waals surface area contributed by atoms with Crippen molar-refractivity contribution in [1.82, 2.24) is 10.2 Å². The number of nitrogens with zero attached hydrogens (tertiary/aromatic N) is 3. The van der Waals surface area contributed by atoms with Crippen LogP contribution in [0.5, 0.6) is 5.75 Å². The Morgan fingerprint density at radius 3 is 2.78 bits per heavy atom. The number of nitrogens with two attached hydrogens (primary N) is 1. The van der Waals surface area contributed by atoms with Crippen LogP contribution in [0.2, 0.25) is 5.02 Å². The van der Waals surface area contributed by atoms with Crippen LogP contribution < -0.4 is 15.4 Å². The second kappa shape index (κ2) is 6.83. The van der Waals surface area contributed by atoms with Gasteiger partial charge in [-0.05, 0) is 37.1 Å². The van der Waals surface area contributed by atoms with Crippen molar-refractivity contribution in [1.29, 1.82) is 0 Å². The van der Waals surface area contributed by atoms with E-state index in [-0.39, 0.29) is 11.8 Å². The molecular weight excluding hydrogens is 316 g/mol. The van der Waals surface area contributed by atoms with Crippen molar-refractivity contribution in [3.05, 3.63) is 47.1 Å². The third-order valence-electron chi connectivity index (χ3n) is 3.74. The minimum atomic E-state index is -0.581. The van der Waals surface area contributed by atoms with E-state index >= 15 is 0 Å². The number of rotatable bonds is 4. The average Bonchev–Trinajstić information content (AvgIpc) is 2.57. The van der Waals surface area contributed by atoms with E-state index < -0.39 is 5.91 Å². The van der Waals surface area contributed by atoms with Gasteiger partial charge in [0.05, 0.1) is 11.6 Å². The normalized spacial score (nSPS) is 17.8. The Balaban J connectivity index is 1.68. The summed E-state index contributed by atoms with van der Waals surface area (Å²) in [6.07, 6.45) is 1.96. The Morgan fingerprint density at radius 1 is 1.26 bits per heavy atom. The second-order valence-electron chi connectivity index (χ2n) is 5.40. The third-order valence-corrected chi connectivity index (χ3v) is 4.05. The first kappa shape index (κ1) is 15.6. The molecule has 1 fully saturated rings. The first-order chi connectivity index (χ1) is 11.1. The molecule has 1 atom stereocenters. The molecule has 6 nitrogen and oxygen atoms in total. The van der Waals surface area contributed by atoms with Crippen molar-refractivity contribution in [2.45, 2.75) is 18.9 Å². The van der Waals surface area contributed by atoms with E-state index in [0.717, 1.165) is 19.4 Å². The molecule has 1 aliphatic heterocycles. The molecule has 1 unspecified atom stereocenters. The summed E-state index contributed by atoms with van der Waals surface area (Å²) in [5.41, 5.74) is 5.34. The van der Waals surface area contributed by atoms with E-state index in [0.29, 0.717) is 23.1 Å². The van der Waals surface area contributed by atoms with E-state index in [1.54, 1.807) is 12.1 Å². The highest BCUT2D eigenvalue weighted by atomic mass is 35.5. The number of carbonyl (C=O) groups excluding carboxylic acids is 1. The number of halogens is 1. The van der Waals surface area contributed by atoms with E-state index in [9.17, 15) is 4.79 Å². The summed E-state index contributed by atoms with van der Waals surface area (Å²) < 4.78 is 6.00. The molecule has 1 aliphatic rings. The first-order valence-electron chi connectivity index (χ1n) is 7.43. The zero-order valence-electron chi connectivity index (χ0n) is 12.5. The highest BCUT2D eigenvalue weighted by Gasteiger charge is 2.23. The summed E-state index contributed by atoms with van der Waals surface area (Å²) in [4.78, 5) is 13.1. The van der Waals surface area contributed by atoms with Crippen molar-refractivity contribution in [3.8, 4) is 5.75 Å². The fourth-order valence-corrected chi connectivity index (χ4v) is 2.77. The third kappa shape index (κ3) is 3.71. The summed E-state index contributed by atoms with van der Waals surface area (Å²) in [6, 6.07) is 10.8. The molecule has 0 radical (unpaired) electrons. The lowest BCUT2D eigenvalue weighted by Crippen LogP contribution is -2.41. The van der Waals surface area contributed by atoms with Crippen molar-refractivity contribution >= 4 is 23.3 Å². The zero-order chi connectivity index (χ0) is 16.2. The lowest BCUT2D eigenvalue weighted by atomic mass is 10.1. The van der Waals surface area contributed by atoms with Gasteiger partial charge in [-0.15, -0.1) is 10.2 Å². The predicted molar refractivity (Wildman–Crippen MR) is 87.9 cm³/mol. The topological polar surface area (TPSA) is 81.3 Å². The summed E-state index contributed by atoms with van der Waals surface area (Å²) in [6.45, 7) is 1.56. The molecule has 2 aromatic rings. The molecule has 1 aromatic heterocycles. The number of hydrogen-bond donors (Lipinski definition) is 1. The van der Waals surface area contributed by atoms with E-state index in [1.807, 2.05) is 24.3 Å².